The van der Waals surface area contributed by atoms with Crippen LogP contribution < -0.4 is 10.5 Å². The molecule has 100 valence electrons. The lowest BCUT2D eigenvalue weighted by Gasteiger charge is -2.07. The van der Waals surface area contributed by atoms with Crippen LogP contribution in [0.15, 0.2) is 60.7 Å². The van der Waals surface area contributed by atoms with Crippen LogP contribution >= 0.6 is 0 Å². The van der Waals surface area contributed by atoms with Gasteiger partial charge in [0.2, 0.25) is 0 Å². The Morgan fingerprint density at radius 2 is 1.60 bits per heavy atom. The molecule has 1 heterocycles. The first-order chi connectivity index (χ1) is 9.84. The summed E-state index contributed by atoms with van der Waals surface area (Å²) >= 11 is 0. The van der Waals surface area contributed by atoms with E-state index in [4.69, 9.17) is 10.5 Å². The highest BCUT2D eigenvalue weighted by Crippen LogP contribution is 2.28. The van der Waals surface area contributed by atoms with Gasteiger partial charge >= 0.3 is 0 Å². The van der Waals surface area contributed by atoms with Gasteiger partial charge in [-0.2, -0.15) is 5.10 Å². The van der Waals surface area contributed by atoms with Crippen molar-refractivity contribution in [1.82, 2.24) is 10.2 Å². The van der Waals surface area contributed by atoms with Gasteiger partial charge in [-0.25, -0.2) is 0 Å². The number of nitrogens with zero attached hydrogens (tertiary/aromatic N) is 1. The lowest BCUT2D eigenvalue weighted by molar-refractivity contribution is 0.301. The zero-order valence-corrected chi connectivity index (χ0v) is 10.9. The molecule has 0 unspecified atom stereocenters. The Morgan fingerprint density at radius 3 is 2.30 bits per heavy atom. The molecule has 0 fully saturated rings. The Labute approximate surface area is 117 Å². The largest absolute Gasteiger partial charge is 0.487 e. The van der Waals surface area contributed by atoms with E-state index in [0.29, 0.717) is 12.4 Å². The maximum atomic E-state index is 5.94. The quantitative estimate of drug-likeness (QED) is 0.761. The first-order valence-corrected chi connectivity index (χ1v) is 6.40. The molecule has 0 aliphatic carbocycles. The van der Waals surface area contributed by atoms with Gasteiger partial charge < -0.3 is 10.5 Å². The van der Waals surface area contributed by atoms with E-state index in [1.807, 2.05) is 60.7 Å². The van der Waals surface area contributed by atoms with E-state index in [1.54, 1.807) is 0 Å². The number of benzene rings is 2. The van der Waals surface area contributed by atoms with Crippen LogP contribution in [0.3, 0.4) is 0 Å². The van der Waals surface area contributed by atoms with E-state index in [9.17, 15) is 0 Å². The van der Waals surface area contributed by atoms with E-state index >= 15 is 0 Å². The van der Waals surface area contributed by atoms with Crippen molar-refractivity contribution in [2.75, 3.05) is 5.73 Å². The van der Waals surface area contributed by atoms with Gasteiger partial charge in [-0.05, 0) is 17.7 Å². The van der Waals surface area contributed by atoms with Crippen molar-refractivity contribution < 1.29 is 4.74 Å². The summed E-state index contributed by atoms with van der Waals surface area (Å²) < 4.78 is 5.74. The predicted octanol–water partition coefficient (Wildman–Crippen LogP) is 3.24. The molecular formula is C16H15N3O. The molecular weight excluding hydrogens is 250 g/mol. The van der Waals surface area contributed by atoms with Gasteiger partial charge in [0, 0.05) is 0 Å². The van der Waals surface area contributed by atoms with Crippen LogP contribution in [-0.2, 0) is 6.61 Å². The molecule has 3 N–H and O–H groups in total. The highest BCUT2D eigenvalue weighted by molar-refractivity contribution is 5.76. The molecule has 0 bridgehead atoms. The van der Waals surface area contributed by atoms with Gasteiger partial charge in [0.1, 0.15) is 12.4 Å². The zero-order valence-electron chi connectivity index (χ0n) is 10.9. The number of H-pyrrole nitrogens is 1. The molecule has 0 spiro atoms. The van der Waals surface area contributed by atoms with Crippen molar-refractivity contribution in [2.45, 2.75) is 6.61 Å². The van der Waals surface area contributed by atoms with E-state index in [2.05, 4.69) is 10.2 Å². The number of ether oxygens (including phenoxy) is 1. The van der Waals surface area contributed by atoms with Crippen molar-refractivity contribution in [3.63, 3.8) is 0 Å². The fourth-order valence-electron chi connectivity index (χ4n) is 2.10. The van der Waals surface area contributed by atoms with Gasteiger partial charge in [-0.3, -0.25) is 5.10 Å². The Bertz CT molecular complexity index is 677. The average molecular weight is 265 g/mol. The number of aromatic nitrogens is 2. The van der Waals surface area contributed by atoms with E-state index in [0.717, 1.165) is 22.6 Å². The summed E-state index contributed by atoms with van der Waals surface area (Å²) in [7, 11) is 0. The third-order valence-corrected chi connectivity index (χ3v) is 3.06. The molecule has 0 atom stereocenters. The zero-order chi connectivity index (χ0) is 13.8. The van der Waals surface area contributed by atoms with Crippen molar-refractivity contribution >= 4 is 5.82 Å². The second kappa shape index (κ2) is 5.48. The van der Waals surface area contributed by atoms with Crippen LogP contribution in [0.5, 0.6) is 5.75 Å². The van der Waals surface area contributed by atoms with Crippen LogP contribution in [0.2, 0.25) is 0 Å². The Morgan fingerprint density at radius 1 is 0.950 bits per heavy atom. The predicted molar refractivity (Wildman–Crippen MR) is 79.2 cm³/mol. The molecule has 4 heteroatoms. The third-order valence-electron chi connectivity index (χ3n) is 3.06. The topological polar surface area (TPSA) is 63.9 Å². The monoisotopic (exact) mass is 265 g/mol. The lowest BCUT2D eigenvalue weighted by atomic mass is 10.1. The van der Waals surface area contributed by atoms with Gasteiger partial charge in [-0.1, -0.05) is 48.5 Å². The van der Waals surface area contributed by atoms with Crippen LogP contribution in [-0.4, -0.2) is 10.2 Å². The Kier molecular flexibility index (Phi) is 3.37. The molecule has 3 rings (SSSR count). The summed E-state index contributed by atoms with van der Waals surface area (Å²) in [6.07, 6.45) is 0. The fraction of sp³-hybridized carbons (Fsp3) is 0.0625. The highest BCUT2D eigenvalue weighted by Gasteiger charge is 2.13. The summed E-state index contributed by atoms with van der Waals surface area (Å²) in [5.74, 6) is 1.31. The maximum absolute atomic E-state index is 5.94. The van der Waals surface area contributed by atoms with Crippen molar-refractivity contribution in [1.29, 1.82) is 0 Å². The van der Waals surface area contributed by atoms with Crippen molar-refractivity contribution in [3.05, 3.63) is 66.4 Å². The summed E-state index contributed by atoms with van der Waals surface area (Å²) in [6.45, 7) is 0.401. The number of nitrogen functional groups attached to an aromatic ring is 1. The third kappa shape index (κ3) is 2.49. The number of aromatic amines is 1. The number of nitrogens with one attached hydrogen (secondary N) is 1. The summed E-state index contributed by atoms with van der Waals surface area (Å²) in [5.41, 5.74) is 8.75. The number of hydrogen-bond acceptors (Lipinski definition) is 3. The minimum atomic E-state index is 0.401. The molecule has 0 aliphatic rings. The van der Waals surface area contributed by atoms with Gasteiger partial charge in [0.15, 0.2) is 5.82 Å². The van der Waals surface area contributed by atoms with E-state index < -0.39 is 0 Å². The van der Waals surface area contributed by atoms with Gasteiger partial charge in [0.05, 0.1) is 11.3 Å². The first-order valence-electron chi connectivity index (χ1n) is 6.40. The molecule has 0 saturated carbocycles. The van der Waals surface area contributed by atoms with Crippen LogP contribution in [0.4, 0.5) is 5.82 Å². The first kappa shape index (κ1) is 12.3. The lowest BCUT2D eigenvalue weighted by Crippen LogP contribution is -1.98. The molecule has 4 nitrogen and oxygen atoms in total. The Balaban J connectivity index is 1.85. The molecule has 2 aromatic carbocycles. The maximum Gasteiger partial charge on any atom is 0.153 e. The molecule has 0 amide bonds. The molecule has 0 radical (unpaired) electrons. The van der Waals surface area contributed by atoms with E-state index in [-0.39, 0.29) is 0 Å². The Hall–Kier alpha value is -2.75. The SMILES string of the molecule is Nc1n[nH]c(COc2ccccc2)c1-c1ccccc1. The summed E-state index contributed by atoms with van der Waals surface area (Å²) in [4.78, 5) is 0. The number of nitrogens with two attached hydrogens (primary N) is 1. The normalized spacial score (nSPS) is 10.4. The standard InChI is InChI=1S/C16H15N3O/c17-16-15(12-7-3-1-4-8-12)14(18-19-16)11-20-13-9-5-2-6-10-13/h1-10H,11H2,(H3,17,18,19). The van der Waals surface area contributed by atoms with Crippen LogP contribution in [0.25, 0.3) is 11.1 Å². The van der Waals surface area contributed by atoms with Gasteiger partial charge in [0.25, 0.3) is 0 Å². The minimum absolute atomic E-state index is 0.401. The van der Waals surface area contributed by atoms with Crippen LogP contribution in [0, 0.1) is 0 Å². The average Bonchev–Trinajstić information content (AvgIpc) is 2.88. The smallest absolute Gasteiger partial charge is 0.153 e. The molecule has 0 aliphatic heterocycles. The minimum Gasteiger partial charge on any atom is -0.487 e. The highest BCUT2D eigenvalue weighted by atomic mass is 16.5. The molecule has 20 heavy (non-hydrogen) atoms. The fourth-order valence-corrected chi connectivity index (χ4v) is 2.10. The number of hydrogen-bond donors (Lipinski definition) is 2. The second-order valence-corrected chi connectivity index (χ2v) is 4.43. The molecule has 3 aromatic rings. The molecule has 0 saturated heterocycles. The molecule has 1 aromatic heterocycles. The van der Waals surface area contributed by atoms with Gasteiger partial charge in [-0.15, -0.1) is 0 Å². The number of rotatable bonds is 4. The summed E-state index contributed by atoms with van der Waals surface area (Å²) in [5, 5.41) is 7.02. The van der Waals surface area contributed by atoms with Crippen molar-refractivity contribution in [3.8, 4) is 16.9 Å². The number of anilines is 1. The number of para-hydroxylation sites is 1. The van der Waals surface area contributed by atoms with Crippen LogP contribution in [0.1, 0.15) is 5.69 Å². The summed E-state index contributed by atoms with van der Waals surface area (Å²) in [6, 6.07) is 19.6. The van der Waals surface area contributed by atoms with E-state index in [1.165, 1.54) is 0 Å². The van der Waals surface area contributed by atoms with Crippen molar-refractivity contribution in [2.24, 2.45) is 0 Å². The second-order valence-electron chi connectivity index (χ2n) is 4.43.